The van der Waals surface area contributed by atoms with Crippen LogP contribution in [-0.2, 0) is 14.8 Å². The third-order valence-corrected chi connectivity index (χ3v) is 5.56. The Morgan fingerprint density at radius 2 is 1.93 bits per heavy atom. The summed E-state index contributed by atoms with van der Waals surface area (Å²) in [6.07, 6.45) is 1.06. The molecule has 0 bridgehead atoms. The first-order valence-electron chi connectivity index (χ1n) is 9.67. The van der Waals surface area contributed by atoms with E-state index in [1.807, 2.05) is 6.07 Å². The van der Waals surface area contributed by atoms with Crippen LogP contribution in [0.5, 0.6) is 0 Å². The normalized spacial score (nSPS) is 16.1. The Labute approximate surface area is 176 Å². The number of morpholine rings is 1. The van der Waals surface area contributed by atoms with Crippen LogP contribution in [0.25, 0.3) is 0 Å². The Bertz CT molecular complexity index is 1010. The van der Waals surface area contributed by atoms with Gasteiger partial charge in [-0.25, -0.2) is 12.8 Å². The Balaban J connectivity index is 1.76. The van der Waals surface area contributed by atoms with Crippen LogP contribution in [0.4, 0.5) is 10.1 Å². The summed E-state index contributed by atoms with van der Waals surface area (Å²) >= 11 is 0. The highest BCUT2D eigenvalue weighted by atomic mass is 32.2. The lowest BCUT2D eigenvalue weighted by Gasteiger charge is -2.35. The molecule has 1 amide bonds. The SMILES string of the molecule is Cc1ccc(C(=O)NCC(c2cccc(F)c2)N2CCOCC2)cc1NS(C)(=O)=O. The number of halogens is 1. The summed E-state index contributed by atoms with van der Waals surface area (Å²) in [5, 5.41) is 2.90. The molecule has 162 valence electrons. The van der Waals surface area contributed by atoms with Crippen LogP contribution in [-0.4, -0.2) is 58.3 Å². The second-order valence-electron chi connectivity index (χ2n) is 7.33. The van der Waals surface area contributed by atoms with Crippen molar-refractivity contribution in [1.29, 1.82) is 0 Å². The predicted molar refractivity (Wildman–Crippen MR) is 114 cm³/mol. The number of nitrogens with zero attached hydrogens (tertiary/aromatic N) is 1. The Morgan fingerprint density at radius 3 is 2.60 bits per heavy atom. The van der Waals surface area contributed by atoms with Crippen LogP contribution in [0.2, 0.25) is 0 Å². The van der Waals surface area contributed by atoms with Crippen molar-refractivity contribution in [3.63, 3.8) is 0 Å². The van der Waals surface area contributed by atoms with Crippen molar-refractivity contribution >= 4 is 21.6 Å². The third-order valence-electron chi connectivity index (χ3n) is 4.97. The molecule has 2 aromatic rings. The molecule has 1 aliphatic rings. The number of carbonyl (C=O) groups is 1. The van der Waals surface area contributed by atoms with Crippen molar-refractivity contribution in [3.8, 4) is 0 Å². The van der Waals surface area contributed by atoms with Crippen molar-refractivity contribution in [2.45, 2.75) is 13.0 Å². The molecule has 1 saturated heterocycles. The van der Waals surface area contributed by atoms with Gasteiger partial charge in [0.15, 0.2) is 0 Å². The fourth-order valence-corrected chi connectivity index (χ4v) is 4.04. The molecule has 1 atom stereocenters. The number of sulfonamides is 1. The average molecular weight is 436 g/mol. The quantitative estimate of drug-likeness (QED) is 0.697. The number of hydrogen-bond donors (Lipinski definition) is 2. The number of benzene rings is 2. The van der Waals surface area contributed by atoms with E-state index in [1.165, 1.54) is 18.2 Å². The molecule has 1 heterocycles. The minimum absolute atomic E-state index is 0.201. The average Bonchev–Trinajstić information content (AvgIpc) is 2.69. The first-order chi connectivity index (χ1) is 14.2. The lowest BCUT2D eigenvalue weighted by molar-refractivity contribution is 0.0162. The number of rotatable bonds is 7. The molecule has 0 radical (unpaired) electrons. The molecular weight excluding hydrogens is 409 g/mol. The van der Waals surface area contributed by atoms with Gasteiger partial charge in [0.1, 0.15) is 5.82 Å². The first-order valence-corrected chi connectivity index (χ1v) is 11.6. The lowest BCUT2D eigenvalue weighted by Crippen LogP contribution is -2.43. The van der Waals surface area contributed by atoms with E-state index in [0.29, 0.717) is 43.1 Å². The maximum atomic E-state index is 13.8. The highest BCUT2D eigenvalue weighted by Crippen LogP contribution is 2.23. The van der Waals surface area contributed by atoms with Crippen LogP contribution in [0.15, 0.2) is 42.5 Å². The molecule has 1 unspecified atom stereocenters. The number of amides is 1. The third kappa shape index (κ3) is 6.01. The van der Waals surface area contributed by atoms with Crippen molar-refractivity contribution in [3.05, 3.63) is 65.0 Å². The highest BCUT2D eigenvalue weighted by molar-refractivity contribution is 7.92. The molecule has 7 nitrogen and oxygen atoms in total. The van der Waals surface area contributed by atoms with Crippen molar-refractivity contribution in [2.24, 2.45) is 0 Å². The standard InChI is InChI=1S/C21H26FN3O4S/c1-15-6-7-17(13-19(15)24-30(2,27)28)21(26)23-14-20(25-8-10-29-11-9-25)16-4-3-5-18(22)12-16/h3-7,12-13,20,24H,8-11,14H2,1-2H3,(H,23,26). The summed E-state index contributed by atoms with van der Waals surface area (Å²) in [5.41, 5.74) is 2.19. The minimum Gasteiger partial charge on any atom is -0.379 e. The van der Waals surface area contributed by atoms with Gasteiger partial charge in [-0.2, -0.15) is 0 Å². The van der Waals surface area contributed by atoms with E-state index >= 15 is 0 Å². The molecule has 0 aliphatic carbocycles. The minimum atomic E-state index is -3.46. The van der Waals surface area contributed by atoms with Gasteiger partial charge in [-0.05, 0) is 42.3 Å². The number of hydrogen-bond acceptors (Lipinski definition) is 5. The van der Waals surface area contributed by atoms with E-state index in [1.54, 1.807) is 25.1 Å². The van der Waals surface area contributed by atoms with Gasteiger partial charge in [-0.15, -0.1) is 0 Å². The first kappa shape index (κ1) is 22.2. The summed E-state index contributed by atoms with van der Waals surface area (Å²) in [6.45, 7) is 4.57. The molecule has 2 N–H and O–H groups in total. The summed E-state index contributed by atoms with van der Waals surface area (Å²) in [7, 11) is -3.46. The van der Waals surface area contributed by atoms with Crippen molar-refractivity contribution in [1.82, 2.24) is 10.2 Å². The van der Waals surface area contributed by atoms with Crippen molar-refractivity contribution < 1.29 is 22.3 Å². The maximum absolute atomic E-state index is 13.8. The molecule has 1 fully saturated rings. The van der Waals surface area contributed by atoms with Gasteiger partial charge in [-0.1, -0.05) is 18.2 Å². The summed E-state index contributed by atoms with van der Waals surface area (Å²) in [4.78, 5) is 14.9. The molecule has 0 aromatic heterocycles. The smallest absolute Gasteiger partial charge is 0.251 e. The van der Waals surface area contributed by atoms with E-state index in [4.69, 9.17) is 4.74 Å². The second-order valence-corrected chi connectivity index (χ2v) is 9.08. The van der Waals surface area contributed by atoms with Gasteiger partial charge < -0.3 is 10.1 Å². The summed E-state index contributed by atoms with van der Waals surface area (Å²) < 4.78 is 44.7. The van der Waals surface area contributed by atoms with Crippen molar-refractivity contribution in [2.75, 3.05) is 43.8 Å². The van der Waals surface area contributed by atoms with Crippen LogP contribution in [0, 0.1) is 12.7 Å². The van der Waals surface area contributed by atoms with Gasteiger partial charge in [0.05, 0.1) is 31.2 Å². The summed E-state index contributed by atoms with van der Waals surface area (Å²) in [5.74, 6) is -0.659. The summed E-state index contributed by atoms with van der Waals surface area (Å²) in [6, 6.07) is 11.0. The van der Waals surface area contributed by atoms with E-state index in [2.05, 4.69) is 14.9 Å². The Hall–Kier alpha value is -2.49. The van der Waals surface area contributed by atoms with Crippen LogP contribution >= 0.6 is 0 Å². The molecule has 0 spiro atoms. The molecular formula is C21H26FN3O4S. The van der Waals surface area contributed by atoms with Gasteiger partial charge in [0.2, 0.25) is 10.0 Å². The van der Waals surface area contributed by atoms with Gasteiger partial charge in [0, 0.05) is 25.2 Å². The largest absolute Gasteiger partial charge is 0.379 e. The number of nitrogens with one attached hydrogen (secondary N) is 2. The highest BCUT2D eigenvalue weighted by Gasteiger charge is 2.24. The second kappa shape index (κ2) is 9.55. The van der Waals surface area contributed by atoms with Crippen LogP contribution in [0.3, 0.4) is 0 Å². The zero-order valence-corrected chi connectivity index (χ0v) is 17.8. The fraction of sp³-hybridized carbons (Fsp3) is 0.381. The Morgan fingerprint density at radius 1 is 1.20 bits per heavy atom. The van der Waals surface area contributed by atoms with Gasteiger partial charge in [0.25, 0.3) is 5.91 Å². The van der Waals surface area contributed by atoms with Crippen LogP contribution in [0.1, 0.15) is 27.5 Å². The number of aryl methyl sites for hydroxylation is 1. The fourth-order valence-electron chi connectivity index (χ4n) is 3.43. The number of ether oxygens (including phenoxy) is 1. The Kier molecular flexibility index (Phi) is 7.06. The molecule has 3 rings (SSSR count). The van der Waals surface area contributed by atoms with E-state index in [-0.39, 0.29) is 24.3 Å². The van der Waals surface area contributed by atoms with E-state index < -0.39 is 10.0 Å². The molecule has 1 aliphatic heterocycles. The molecule has 2 aromatic carbocycles. The molecule has 30 heavy (non-hydrogen) atoms. The van der Waals surface area contributed by atoms with E-state index in [0.717, 1.165) is 11.8 Å². The number of carbonyl (C=O) groups excluding carboxylic acids is 1. The zero-order valence-electron chi connectivity index (χ0n) is 17.0. The number of anilines is 1. The van der Waals surface area contributed by atoms with Gasteiger partial charge >= 0.3 is 0 Å². The van der Waals surface area contributed by atoms with Gasteiger partial charge in [-0.3, -0.25) is 14.4 Å². The monoisotopic (exact) mass is 435 g/mol. The van der Waals surface area contributed by atoms with E-state index in [9.17, 15) is 17.6 Å². The molecule has 0 saturated carbocycles. The zero-order chi connectivity index (χ0) is 21.7. The lowest BCUT2D eigenvalue weighted by atomic mass is 10.0. The molecule has 9 heteroatoms. The predicted octanol–water partition coefficient (Wildman–Crippen LogP) is 2.31. The topological polar surface area (TPSA) is 87.7 Å². The maximum Gasteiger partial charge on any atom is 0.251 e. The van der Waals surface area contributed by atoms with Crippen LogP contribution < -0.4 is 10.0 Å².